The number of hydrogen-bond donors (Lipinski definition) is 1. The molecular formula is C28H31N3O3. The Kier molecular flexibility index (Phi) is 6.00. The molecule has 0 aliphatic carbocycles. The maximum absolute atomic E-state index is 13.4. The van der Waals surface area contributed by atoms with Gasteiger partial charge in [0.2, 0.25) is 0 Å². The number of piperidine rings is 1. The fourth-order valence-electron chi connectivity index (χ4n) is 5.54. The van der Waals surface area contributed by atoms with Gasteiger partial charge in [0.15, 0.2) is 0 Å². The van der Waals surface area contributed by atoms with E-state index in [1.807, 2.05) is 24.3 Å². The quantitative estimate of drug-likeness (QED) is 0.563. The Morgan fingerprint density at radius 3 is 2.41 bits per heavy atom. The van der Waals surface area contributed by atoms with Crippen molar-refractivity contribution in [1.29, 1.82) is 0 Å². The van der Waals surface area contributed by atoms with Crippen molar-refractivity contribution in [3.63, 3.8) is 0 Å². The number of hydrogen-bond acceptors (Lipinski definition) is 4. The summed E-state index contributed by atoms with van der Waals surface area (Å²) in [6.45, 7) is 2.68. The van der Waals surface area contributed by atoms with Gasteiger partial charge >= 0.3 is 6.03 Å². The second kappa shape index (κ2) is 9.11. The summed E-state index contributed by atoms with van der Waals surface area (Å²) in [5, 5.41) is 5.60. The lowest BCUT2D eigenvalue weighted by Gasteiger charge is -2.41. The first-order valence-electron chi connectivity index (χ1n) is 11.9. The number of likely N-dealkylation sites (N-methyl/N-ethyl adjacent to an activating group) is 1. The highest BCUT2D eigenvalue weighted by molar-refractivity contribution is 6.07. The molecule has 1 atom stereocenters. The number of carbonyl (C=O) groups excluding carboxylic acids is 2. The summed E-state index contributed by atoms with van der Waals surface area (Å²) in [5.74, 6) is 0.698. The van der Waals surface area contributed by atoms with Crippen LogP contribution in [0.1, 0.15) is 24.0 Å². The molecule has 34 heavy (non-hydrogen) atoms. The van der Waals surface area contributed by atoms with Crippen molar-refractivity contribution in [3.8, 4) is 5.75 Å². The van der Waals surface area contributed by atoms with E-state index in [-0.39, 0.29) is 17.9 Å². The van der Waals surface area contributed by atoms with E-state index >= 15 is 0 Å². The van der Waals surface area contributed by atoms with Crippen LogP contribution in [0.5, 0.6) is 5.75 Å². The fraction of sp³-hybridized carbons (Fsp3) is 0.357. The van der Waals surface area contributed by atoms with Gasteiger partial charge in [-0.3, -0.25) is 14.6 Å². The molecule has 5 rings (SSSR count). The number of methoxy groups -OCH3 is 1. The van der Waals surface area contributed by atoms with E-state index in [1.165, 1.54) is 21.2 Å². The van der Waals surface area contributed by atoms with Crippen molar-refractivity contribution in [2.45, 2.75) is 31.3 Å². The Morgan fingerprint density at radius 2 is 1.71 bits per heavy atom. The standard InChI is InChI=1S/C28H31N3O3/c1-30-26(32)28(29-27(30)33,18-20-6-5-9-25(17-20)34-2)24-12-14-31(15-13-24)19-21-10-11-22-7-3-4-8-23(22)16-21/h3-11,16-17,24H,12-15,18-19H2,1-2H3,(H,29,33). The van der Waals surface area contributed by atoms with Crippen LogP contribution in [0, 0.1) is 5.92 Å². The molecule has 3 amide bonds. The number of imide groups is 1. The van der Waals surface area contributed by atoms with Crippen LogP contribution in [0.15, 0.2) is 66.7 Å². The molecule has 2 aliphatic heterocycles. The van der Waals surface area contributed by atoms with E-state index in [1.54, 1.807) is 14.2 Å². The average Bonchev–Trinajstić information content (AvgIpc) is 3.08. The van der Waals surface area contributed by atoms with E-state index in [2.05, 4.69) is 52.7 Å². The van der Waals surface area contributed by atoms with Gasteiger partial charge in [0.25, 0.3) is 5.91 Å². The van der Waals surface area contributed by atoms with E-state index in [0.717, 1.165) is 43.8 Å². The van der Waals surface area contributed by atoms with Gasteiger partial charge in [-0.1, -0.05) is 48.5 Å². The molecule has 3 aromatic carbocycles. The summed E-state index contributed by atoms with van der Waals surface area (Å²) in [5.41, 5.74) is 1.38. The lowest BCUT2D eigenvalue weighted by molar-refractivity contribution is -0.133. The van der Waals surface area contributed by atoms with Crippen molar-refractivity contribution < 1.29 is 14.3 Å². The summed E-state index contributed by atoms with van der Waals surface area (Å²) < 4.78 is 5.37. The van der Waals surface area contributed by atoms with Gasteiger partial charge in [-0.05, 0) is 71.9 Å². The van der Waals surface area contributed by atoms with Gasteiger partial charge in [-0.15, -0.1) is 0 Å². The molecule has 0 aromatic heterocycles. The number of fused-ring (bicyclic) bond motifs is 1. The molecule has 2 aliphatic rings. The predicted molar refractivity (Wildman–Crippen MR) is 133 cm³/mol. The van der Waals surface area contributed by atoms with Crippen LogP contribution < -0.4 is 10.1 Å². The highest BCUT2D eigenvalue weighted by Gasteiger charge is 2.54. The zero-order valence-electron chi connectivity index (χ0n) is 19.8. The maximum atomic E-state index is 13.4. The number of nitrogens with zero attached hydrogens (tertiary/aromatic N) is 2. The van der Waals surface area contributed by atoms with Crippen LogP contribution in [-0.2, 0) is 17.8 Å². The second-order valence-electron chi connectivity index (χ2n) is 9.53. The molecule has 176 valence electrons. The molecular weight excluding hydrogens is 426 g/mol. The third-order valence-electron chi connectivity index (χ3n) is 7.44. The Balaban J connectivity index is 1.32. The summed E-state index contributed by atoms with van der Waals surface area (Å²) in [7, 11) is 3.20. The van der Waals surface area contributed by atoms with Gasteiger partial charge < -0.3 is 10.1 Å². The zero-order valence-corrected chi connectivity index (χ0v) is 19.8. The van der Waals surface area contributed by atoms with Crippen molar-refractivity contribution in [2.24, 2.45) is 5.92 Å². The summed E-state index contributed by atoms with van der Waals surface area (Å²) >= 11 is 0. The second-order valence-corrected chi connectivity index (χ2v) is 9.53. The molecule has 6 heteroatoms. The Hall–Kier alpha value is -3.38. The molecule has 1 N–H and O–H groups in total. The monoisotopic (exact) mass is 457 g/mol. The topological polar surface area (TPSA) is 61.9 Å². The van der Waals surface area contributed by atoms with Crippen LogP contribution in [0.25, 0.3) is 10.8 Å². The molecule has 2 heterocycles. The number of ether oxygens (including phenoxy) is 1. The van der Waals surface area contributed by atoms with Crippen LogP contribution in [0.2, 0.25) is 0 Å². The van der Waals surface area contributed by atoms with Crippen LogP contribution in [0.4, 0.5) is 4.79 Å². The maximum Gasteiger partial charge on any atom is 0.324 e. The predicted octanol–water partition coefficient (Wildman–Crippen LogP) is 4.22. The molecule has 1 unspecified atom stereocenters. The van der Waals surface area contributed by atoms with Gasteiger partial charge in [0.05, 0.1) is 7.11 Å². The largest absolute Gasteiger partial charge is 0.497 e. The first-order valence-corrected chi connectivity index (χ1v) is 11.9. The molecule has 0 radical (unpaired) electrons. The summed E-state index contributed by atoms with van der Waals surface area (Å²) in [6, 6.07) is 22.5. The average molecular weight is 458 g/mol. The van der Waals surface area contributed by atoms with Crippen molar-refractivity contribution >= 4 is 22.7 Å². The minimum atomic E-state index is -0.909. The van der Waals surface area contributed by atoms with Crippen LogP contribution in [-0.4, -0.2) is 54.5 Å². The van der Waals surface area contributed by atoms with Crippen LogP contribution in [0.3, 0.4) is 0 Å². The molecule has 0 spiro atoms. The number of carbonyl (C=O) groups is 2. The third kappa shape index (κ3) is 4.14. The number of amides is 3. The first-order chi connectivity index (χ1) is 16.5. The van der Waals surface area contributed by atoms with Gasteiger partial charge in [-0.2, -0.15) is 0 Å². The zero-order chi connectivity index (χ0) is 23.7. The van der Waals surface area contributed by atoms with Crippen molar-refractivity contribution in [1.82, 2.24) is 15.1 Å². The third-order valence-corrected chi connectivity index (χ3v) is 7.44. The summed E-state index contributed by atoms with van der Waals surface area (Å²) in [6.07, 6.45) is 2.18. The van der Waals surface area contributed by atoms with E-state index in [4.69, 9.17) is 4.74 Å². The number of rotatable bonds is 6. The lowest BCUT2D eigenvalue weighted by atomic mass is 9.74. The highest BCUT2D eigenvalue weighted by Crippen LogP contribution is 2.37. The molecule has 0 bridgehead atoms. The smallest absolute Gasteiger partial charge is 0.324 e. The van der Waals surface area contributed by atoms with E-state index in [0.29, 0.717) is 6.42 Å². The minimum Gasteiger partial charge on any atom is -0.497 e. The normalized spacial score (nSPS) is 21.8. The SMILES string of the molecule is COc1cccc(CC2(C3CCN(Cc4ccc5ccccc5c4)CC3)NC(=O)N(C)C2=O)c1. The van der Waals surface area contributed by atoms with Gasteiger partial charge in [-0.25, -0.2) is 4.79 Å². The Labute approximate surface area is 200 Å². The molecule has 2 fully saturated rings. The fourth-order valence-corrected chi connectivity index (χ4v) is 5.54. The molecule has 6 nitrogen and oxygen atoms in total. The van der Waals surface area contributed by atoms with Gasteiger partial charge in [0, 0.05) is 20.0 Å². The first kappa shape index (κ1) is 22.4. The Bertz CT molecular complexity index is 1220. The Morgan fingerprint density at radius 1 is 0.941 bits per heavy atom. The summed E-state index contributed by atoms with van der Waals surface area (Å²) in [4.78, 5) is 29.6. The highest BCUT2D eigenvalue weighted by atomic mass is 16.5. The molecule has 0 saturated carbocycles. The molecule has 3 aromatic rings. The van der Waals surface area contributed by atoms with Crippen LogP contribution >= 0.6 is 0 Å². The van der Waals surface area contributed by atoms with E-state index in [9.17, 15) is 9.59 Å². The van der Waals surface area contributed by atoms with E-state index < -0.39 is 5.54 Å². The number of benzene rings is 3. The number of urea groups is 1. The van der Waals surface area contributed by atoms with Gasteiger partial charge in [0.1, 0.15) is 11.3 Å². The lowest BCUT2D eigenvalue weighted by Crippen LogP contribution is -2.57. The molecule has 2 saturated heterocycles. The minimum absolute atomic E-state index is 0.0768. The number of nitrogens with one attached hydrogen (secondary N) is 1. The van der Waals surface area contributed by atoms with Crippen molar-refractivity contribution in [2.75, 3.05) is 27.2 Å². The number of likely N-dealkylation sites (tertiary alicyclic amines) is 1. The van der Waals surface area contributed by atoms with Crippen molar-refractivity contribution in [3.05, 3.63) is 77.9 Å².